The van der Waals surface area contributed by atoms with Crippen LogP contribution in [0.5, 0.6) is 0 Å². The van der Waals surface area contributed by atoms with Gasteiger partial charge < -0.3 is 25.7 Å². The third kappa shape index (κ3) is 29.3. The Hall–Kier alpha value is -0.950. The highest BCUT2D eigenvalue weighted by Gasteiger charge is 2.23. The summed E-state index contributed by atoms with van der Waals surface area (Å²) in [5.74, 6) is -0.929. The summed E-state index contributed by atoms with van der Waals surface area (Å²) in [7, 11) is -4.33. The second-order valence-corrected chi connectivity index (χ2v) is 9.68. The van der Waals surface area contributed by atoms with Crippen LogP contribution in [0.25, 0.3) is 0 Å². The monoisotopic (exact) mass is 439 g/mol. The van der Waals surface area contributed by atoms with E-state index in [-0.39, 0.29) is 0 Å². The largest absolute Gasteiger partial charge is 0.481 e. The van der Waals surface area contributed by atoms with Crippen LogP contribution in [-0.2, 0) is 14.2 Å². The summed E-state index contributed by atoms with van der Waals surface area (Å²) in [6.07, 6.45) is 13.2. The van der Waals surface area contributed by atoms with Gasteiger partial charge in [-0.25, -0.2) is 0 Å². The Morgan fingerprint density at radius 3 is 1.48 bits per heavy atom. The molecule has 0 spiro atoms. The van der Waals surface area contributed by atoms with Gasteiger partial charge in [-0.1, -0.05) is 84.5 Å². The number of carbonyl (C=O) groups excluding carboxylic acids is 1. The second kappa shape index (κ2) is 19.0. The second-order valence-electron chi connectivity index (χ2n) is 7.98. The first kappa shape index (κ1) is 30.2. The maximum atomic E-state index is 10.3. The van der Waals surface area contributed by atoms with Crippen molar-refractivity contribution < 1.29 is 34.2 Å². The molecule has 0 saturated heterocycles. The third-order valence-electron chi connectivity index (χ3n) is 4.41. The van der Waals surface area contributed by atoms with Crippen LogP contribution >= 0.6 is 7.60 Å². The molecule has 1 unspecified atom stereocenters. The summed E-state index contributed by atoms with van der Waals surface area (Å²) >= 11 is 0. The fourth-order valence-corrected chi connectivity index (χ4v) is 3.37. The Labute approximate surface area is 175 Å². The standard InChI is InChI=1S/C17H34O2.C3H8NO5P/c1-16(2)14-12-10-8-6-4-3-5-7-9-11-13-15-17(18)19;4-3(6)2(5)1-10(7,8)9/h16H,3-15H2,1-2H3,(H,18,19);2,5H,1H2,(H2,4,6)(H2,7,8,9). The summed E-state index contributed by atoms with van der Waals surface area (Å²) in [6.45, 7) is 4.60. The van der Waals surface area contributed by atoms with E-state index in [1.165, 1.54) is 64.2 Å². The van der Waals surface area contributed by atoms with Gasteiger partial charge in [-0.15, -0.1) is 0 Å². The van der Waals surface area contributed by atoms with Crippen LogP contribution in [0, 0.1) is 5.92 Å². The smallest absolute Gasteiger partial charge is 0.328 e. The third-order valence-corrected chi connectivity index (χ3v) is 5.23. The molecule has 0 aliphatic rings. The lowest BCUT2D eigenvalue weighted by atomic mass is 10.0. The lowest BCUT2D eigenvalue weighted by molar-refractivity contribution is -0.137. The summed E-state index contributed by atoms with van der Waals surface area (Å²) in [6, 6.07) is 0. The van der Waals surface area contributed by atoms with Crippen LogP contribution in [0.3, 0.4) is 0 Å². The minimum absolute atomic E-state index is 0.344. The number of nitrogens with two attached hydrogens (primary N) is 1. The molecule has 174 valence electrons. The SMILES string of the molecule is CC(C)CCCCCCCCCCCCCC(=O)O.NC(=O)C(O)CP(=O)(O)O. The molecule has 0 aromatic heterocycles. The van der Waals surface area contributed by atoms with Crippen molar-refractivity contribution in [3.63, 3.8) is 0 Å². The van der Waals surface area contributed by atoms with Crippen molar-refractivity contribution in [2.24, 2.45) is 11.7 Å². The van der Waals surface area contributed by atoms with Gasteiger partial charge in [0, 0.05) is 6.42 Å². The Balaban J connectivity index is 0. The number of rotatable bonds is 17. The van der Waals surface area contributed by atoms with E-state index in [1.807, 2.05) is 0 Å². The molecule has 0 aliphatic heterocycles. The number of unbranched alkanes of at least 4 members (excludes halogenated alkanes) is 10. The predicted octanol–water partition coefficient (Wildman–Crippen LogP) is 3.81. The number of aliphatic hydroxyl groups excluding tert-OH is 1. The van der Waals surface area contributed by atoms with Gasteiger partial charge >= 0.3 is 13.6 Å². The lowest BCUT2D eigenvalue weighted by Gasteiger charge is -2.06. The number of carboxylic acid groups (broad SMARTS) is 1. The lowest BCUT2D eigenvalue weighted by Crippen LogP contribution is -2.31. The van der Waals surface area contributed by atoms with Crippen molar-refractivity contribution in [1.29, 1.82) is 0 Å². The number of aliphatic hydroxyl groups is 1. The van der Waals surface area contributed by atoms with E-state index in [0.29, 0.717) is 6.42 Å². The van der Waals surface area contributed by atoms with Crippen molar-refractivity contribution in [3.8, 4) is 0 Å². The van der Waals surface area contributed by atoms with E-state index >= 15 is 0 Å². The van der Waals surface area contributed by atoms with Gasteiger partial charge in [-0.05, 0) is 12.3 Å². The van der Waals surface area contributed by atoms with E-state index in [0.717, 1.165) is 18.8 Å². The number of carbonyl (C=O) groups is 2. The minimum Gasteiger partial charge on any atom is -0.481 e. The Bertz CT molecular complexity index is 466. The number of hydrogen-bond donors (Lipinski definition) is 5. The fraction of sp³-hybridized carbons (Fsp3) is 0.900. The Morgan fingerprint density at radius 2 is 1.21 bits per heavy atom. The Kier molecular flexibility index (Phi) is 19.9. The van der Waals surface area contributed by atoms with E-state index in [2.05, 4.69) is 19.6 Å². The van der Waals surface area contributed by atoms with E-state index in [9.17, 15) is 14.2 Å². The fourth-order valence-electron chi connectivity index (χ4n) is 2.74. The zero-order valence-corrected chi connectivity index (χ0v) is 19.0. The maximum Gasteiger partial charge on any atom is 0.328 e. The molecule has 0 bridgehead atoms. The molecule has 0 fully saturated rings. The number of aliphatic carboxylic acids is 1. The molecule has 6 N–H and O–H groups in total. The summed E-state index contributed by atoms with van der Waals surface area (Å²) < 4.78 is 10.1. The summed E-state index contributed by atoms with van der Waals surface area (Å²) in [5, 5.41) is 17.0. The molecule has 0 saturated carbocycles. The van der Waals surface area contributed by atoms with Crippen LogP contribution in [0.4, 0.5) is 0 Å². The topological polar surface area (TPSA) is 158 Å². The number of primary amides is 1. The van der Waals surface area contributed by atoms with Crippen LogP contribution in [-0.4, -0.2) is 44.1 Å². The predicted molar refractivity (Wildman–Crippen MR) is 115 cm³/mol. The molecule has 0 radical (unpaired) electrons. The van der Waals surface area contributed by atoms with E-state index in [4.69, 9.17) is 20.0 Å². The van der Waals surface area contributed by atoms with E-state index in [1.54, 1.807) is 0 Å². The minimum atomic E-state index is -4.33. The number of amides is 1. The molecule has 1 amide bonds. The van der Waals surface area contributed by atoms with Gasteiger partial charge in [0.15, 0.2) is 0 Å². The quantitative estimate of drug-likeness (QED) is 0.170. The maximum absolute atomic E-state index is 10.3. The number of hydrogen-bond acceptors (Lipinski definition) is 4. The molecule has 8 nitrogen and oxygen atoms in total. The molecule has 0 rings (SSSR count). The highest BCUT2D eigenvalue weighted by molar-refractivity contribution is 7.51. The van der Waals surface area contributed by atoms with Gasteiger partial charge in [0.05, 0.1) is 6.16 Å². The van der Waals surface area contributed by atoms with Crippen molar-refractivity contribution >= 4 is 19.5 Å². The molecule has 0 aromatic carbocycles. The van der Waals surface area contributed by atoms with Gasteiger partial charge in [0.25, 0.3) is 0 Å². The molecule has 0 aromatic rings. The van der Waals surface area contributed by atoms with Gasteiger partial charge in [-0.3, -0.25) is 14.2 Å². The number of carboxylic acids is 1. The first-order valence-electron chi connectivity index (χ1n) is 10.7. The van der Waals surface area contributed by atoms with Crippen LogP contribution in [0.15, 0.2) is 0 Å². The first-order chi connectivity index (χ1) is 13.5. The molecular formula is C20H42NO7P. The molecule has 0 aliphatic carbocycles. The van der Waals surface area contributed by atoms with Crippen LogP contribution < -0.4 is 5.73 Å². The zero-order valence-electron chi connectivity index (χ0n) is 18.1. The van der Waals surface area contributed by atoms with Gasteiger partial charge in [-0.2, -0.15) is 0 Å². The van der Waals surface area contributed by atoms with Crippen molar-refractivity contribution in [1.82, 2.24) is 0 Å². The van der Waals surface area contributed by atoms with Crippen molar-refractivity contribution in [3.05, 3.63) is 0 Å². The van der Waals surface area contributed by atoms with Gasteiger partial charge in [0.1, 0.15) is 6.10 Å². The van der Waals surface area contributed by atoms with Crippen LogP contribution in [0.1, 0.15) is 97.3 Å². The first-order valence-corrected chi connectivity index (χ1v) is 12.5. The molecular weight excluding hydrogens is 397 g/mol. The normalized spacial score (nSPS) is 12.3. The van der Waals surface area contributed by atoms with Crippen molar-refractivity contribution in [2.75, 3.05) is 6.16 Å². The molecule has 29 heavy (non-hydrogen) atoms. The molecule has 9 heteroatoms. The average molecular weight is 440 g/mol. The molecule has 1 atom stereocenters. The average Bonchev–Trinajstić information content (AvgIpc) is 2.57. The summed E-state index contributed by atoms with van der Waals surface area (Å²) in [5.41, 5.74) is 4.51. The molecule has 0 heterocycles. The van der Waals surface area contributed by atoms with Gasteiger partial charge in [0.2, 0.25) is 5.91 Å². The summed E-state index contributed by atoms with van der Waals surface area (Å²) in [4.78, 5) is 36.7. The van der Waals surface area contributed by atoms with Crippen molar-refractivity contribution in [2.45, 2.75) is 103 Å². The Morgan fingerprint density at radius 1 is 0.828 bits per heavy atom. The van der Waals surface area contributed by atoms with E-state index < -0.39 is 31.7 Å². The van der Waals surface area contributed by atoms with Crippen LogP contribution in [0.2, 0.25) is 0 Å². The highest BCUT2D eigenvalue weighted by Crippen LogP contribution is 2.34. The zero-order chi connectivity index (χ0) is 22.7. The highest BCUT2D eigenvalue weighted by atomic mass is 31.2.